The fraction of sp³-hybridized carbons (Fsp3) is 0.381. The Labute approximate surface area is 583 Å². The molecule has 1 fully saturated rings. The third-order valence-electron chi connectivity index (χ3n) is 17.5. The number of hydrogen-bond donors (Lipinski definition) is 1. The molecule has 1 heterocycles. The molecule has 4 atom stereocenters. The SMILES string of the molecule is C1CCOC1.COc1ccc(COC(=O)[C@H](Cc2ccccc2)[C@H](Cc2ccc(-c3ccc(CO)cc3)cc2)C(=O)OC(C)(C)C)cc1.COc1ccc(COC(=O)[C@H](Cc2ccccc2)[C@H](Cc2ccc(-c3ccc(CO[Si](C)(C)C(C)(C)C)cc3)cc2)C(=O)OC(C)(C)C)cc1. The number of methoxy groups -OCH3 is 2. The molecule has 520 valence electrons. The molecule has 0 aliphatic carbocycles. The van der Waals surface area contributed by atoms with E-state index in [1.54, 1.807) is 14.2 Å². The number of aliphatic hydroxyl groups is 1. The van der Waals surface area contributed by atoms with Gasteiger partial charge in [-0.2, -0.15) is 0 Å². The third-order valence-corrected chi connectivity index (χ3v) is 22.0. The van der Waals surface area contributed by atoms with Crippen molar-refractivity contribution in [3.05, 3.63) is 251 Å². The number of carbonyl (C=O) groups is 4. The lowest BCUT2D eigenvalue weighted by Gasteiger charge is -2.36. The minimum atomic E-state index is -1.83. The first kappa shape index (κ1) is 76.7. The van der Waals surface area contributed by atoms with Gasteiger partial charge in [0.2, 0.25) is 0 Å². The number of ether oxygens (including phenoxy) is 7. The first-order chi connectivity index (χ1) is 46.7. The molecule has 1 aliphatic heterocycles. The van der Waals surface area contributed by atoms with Crippen LogP contribution in [0.3, 0.4) is 0 Å². The Balaban J connectivity index is 0.000000259. The van der Waals surface area contributed by atoms with E-state index in [-0.39, 0.29) is 24.9 Å². The van der Waals surface area contributed by atoms with Gasteiger partial charge in [0.05, 0.1) is 51.1 Å². The molecule has 8 aromatic rings. The highest BCUT2D eigenvalue weighted by molar-refractivity contribution is 6.74. The van der Waals surface area contributed by atoms with Gasteiger partial charge in [0.15, 0.2) is 8.32 Å². The lowest BCUT2D eigenvalue weighted by molar-refractivity contribution is -0.169. The van der Waals surface area contributed by atoms with Crippen LogP contribution in [-0.4, -0.2) is 75.9 Å². The van der Waals surface area contributed by atoms with Crippen LogP contribution in [0.15, 0.2) is 206 Å². The molecular formula is C84H102O13Si. The minimum Gasteiger partial charge on any atom is -0.497 e. The van der Waals surface area contributed by atoms with Crippen molar-refractivity contribution in [3.8, 4) is 33.8 Å². The zero-order chi connectivity index (χ0) is 70.9. The topological polar surface area (TPSA) is 162 Å². The maximum atomic E-state index is 13.9. The number of rotatable bonds is 26. The first-order valence-electron chi connectivity index (χ1n) is 34.0. The van der Waals surface area contributed by atoms with Crippen molar-refractivity contribution in [3.63, 3.8) is 0 Å². The number of aliphatic hydroxyl groups excluding tert-OH is 1. The van der Waals surface area contributed by atoms with Crippen LogP contribution in [-0.2, 0) is 99.4 Å². The summed E-state index contributed by atoms with van der Waals surface area (Å²) in [6, 6.07) is 66.5. The van der Waals surface area contributed by atoms with Crippen molar-refractivity contribution in [2.45, 2.75) is 157 Å². The van der Waals surface area contributed by atoms with E-state index < -0.39 is 67.1 Å². The van der Waals surface area contributed by atoms with E-state index in [4.69, 9.17) is 37.6 Å². The maximum Gasteiger partial charge on any atom is 0.310 e. The van der Waals surface area contributed by atoms with E-state index in [2.05, 4.69) is 70.3 Å². The van der Waals surface area contributed by atoms with Crippen LogP contribution in [0.5, 0.6) is 11.5 Å². The Bertz CT molecular complexity index is 3690. The molecule has 0 bridgehead atoms. The highest BCUT2D eigenvalue weighted by atomic mass is 28.4. The lowest BCUT2D eigenvalue weighted by atomic mass is 9.82. The van der Waals surface area contributed by atoms with Gasteiger partial charge in [-0.05, 0) is 189 Å². The molecule has 0 radical (unpaired) electrons. The van der Waals surface area contributed by atoms with Gasteiger partial charge in [-0.15, -0.1) is 0 Å². The number of carbonyl (C=O) groups excluding carboxylic acids is 4. The molecule has 1 saturated heterocycles. The average molecular weight is 1350 g/mol. The van der Waals surface area contributed by atoms with Gasteiger partial charge >= 0.3 is 23.9 Å². The Morgan fingerprint density at radius 2 is 0.673 bits per heavy atom. The predicted octanol–water partition coefficient (Wildman–Crippen LogP) is 17.7. The fourth-order valence-electron chi connectivity index (χ4n) is 10.8. The summed E-state index contributed by atoms with van der Waals surface area (Å²) < 4.78 is 45.3. The van der Waals surface area contributed by atoms with E-state index in [1.807, 2.05) is 211 Å². The summed E-state index contributed by atoms with van der Waals surface area (Å²) in [6.07, 6.45) is 3.87. The summed E-state index contributed by atoms with van der Waals surface area (Å²) in [6.45, 7) is 25.1. The Hall–Kier alpha value is -8.66. The number of esters is 4. The monoisotopic (exact) mass is 1350 g/mol. The highest BCUT2D eigenvalue weighted by Gasteiger charge is 2.40. The molecular weight excluding hydrogens is 1240 g/mol. The van der Waals surface area contributed by atoms with E-state index in [0.29, 0.717) is 32.3 Å². The molecule has 0 aromatic heterocycles. The normalized spacial score (nSPS) is 13.6. The standard InChI is InChI=1S/C43H54O6Si.C37H40O6.C4H8O/c1-42(2,3)49-41(45)39(38(27-31-13-11-10-12-14-31)40(44)47-29-33-19-25-37(46-7)26-20-33)28-32-15-21-35(22-16-32)36-23-17-34(18-24-36)30-48-50(8,9)43(4,5)6;1-37(2,3)43-36(40)34(23-27-10-16-30(17-11-27)31-18-12-28(24-38)13-19-31)33(22-26-8-6-5-7-9-26)35(39)42-25-29-14-20-32(41-4)21-15-29;1-2-4-5-3-1/h10-26,38-39H,27-30H2,1-9H3;5-21,33-34,38H,22-25H2,1-4H3;1-4H2/t38-,39+;33-,34+;/m11./s1. The molecule has 0 unspecified atom stereocenters. The molecule has 14 heteroatoms. The van der Waals surface area contributed by atoms with Crippen molar-refractivity contribution < 1.29 is 61.9 Å². The fourth-order valence-corrected chi connectivity index (χ4v) is 11.7. The summed E-state index contributed by atoms with van der Waals surface area (Å²) >= 11 is 0. The minimum absolute atomic E-state index is 0.00203. The second kappa shape index (κ2) is 36.8. The van der Waals surface area contributed by atoms with Crippen LogP contribution < -0.4 is 9.47 Å². The average Bonchev–Trinajstić information content (AvgIpc) is 0.947. The number of hydrogen-bond acceptors (Lipinski definition) is 13. The van der Waals surface area contributed by atoms with Crippen molar-refractivity contribution in [2.24, 2.45) is 23.7 Å². The Morgan fingerprint density at radius 1 is 0.388 bits per heavy atom. The maximum absolute atomic E-state index is 13.9. The molecule has 8 aromatic carbocycles. The zero-order valence-corrected chi connectivity index (χ0v) is 60.8. The summed E-state index contributed by atoms with van der Waals surface area (Å²) in [5, 5.41) is 9.51. The van der Waals surface area contributed by atoms with Crippen LogP contribution in [0.25, 0.3) is 22.3 Å². The summed E-state index contributed by atoms with van der Waals surface area (Å²) in [5.41, 5.74) is 10.2. The smallest absolute Gasteiger partial charge is 0.310 e. The molecule has 1 N–H and O–H groups in total. The molecule has 13 nitrogen and oxygen atoms in total. The second-order valence-corrected chi connectivity index (χ2v) is 33.3. The highest BCUT2D eigenvalue weighted by Crippen LogP contribution is 2.38. The molecule has 1 aliphatic rings. The van der Waals surface area contributed by atoms with Gasteiger partial charge in [-0.1, -0.05) is 203 Å². The van der Waals surface area contributed by atoms with Gasteiger partial charge in [0, 0.05) is 13.2 Å². The van der Waals surface area contributed by atoms with Gasteiger partial charge < -0.3 is 42.7 Å². The summed E-state index contributed by atoms with van der Waals surface area (Å²) in [7, 11) is 1.37. The van der Waals surface area contributed by atoms with Crippen molar-refractivity contribution in [1.82, 2.24) is 0 Å². The van der Waals surface area contributed by atoms with E-state index >= 15 is 0 Å². The van der Waals surface area contributed by atoms with Gasteiger partial charge in [0.1, 0.15) is 35.9 Å². The lowest BCUT2D eigenvalue weighted by Crippen LogP contribution is -2.40. The van der Waals surface area contributed by atoms with Crippen LogP contribution in [0.4, 0.5) is 0 Å². The molecule has 0 saturated carbocycles. The largest absolute Gasteiger partial charge is 0.497 e. The van der Waals surface area contributed by atoms with Gasteiger partial charge in [-0.3, -0.25) is 19.2 Å². The Morgan fingerprint density at radius 3 is 0.959 bits per heavy atom. The van der Waals surface area contributed by atoms with Crippen LogP contribution in [0.1, 0.15) is 120 Å². The van der Waals surface area contributed by atoms with Crippen molar-refractivity contribution in [1.29, 1.82) is 0 Å². The second-order valence-electron chi connectivity index (χ2n) is 28.5. The van der Waals surface area contributed by atoms with Crippen LogP contribution in [0.2, 0.25) is 18.1 Å². The molecule has 9 rings (SSSR count). The van der Waals surface area contributed by atoms with Crippen molar-refractivity contribution >= 4 is 32.2 Å². The predicted molar refractivity (Wildman–Crippen MR) is 391 cm³/mol. The zero-order valence-electron chi connectivity index (χ0n) is 59.8. The Kier molecular flexibility index (Phi) is 28.8. The number of benzene rings is 8. The third kappa shape index (κ3) is 25.0. The van der Waals surface area contributed by atoms with Crippen LogP contribution >= 0.6 is 0 Å². The summed E-state index contributed by atoms with van der Waals surface area (Å²) in [4.78, 5) is 55.3. The van der Waals surface area contributed by atoms with Crippen molar-refractivity contribution in [2.75, 3.05) is 27.4 Å². The molecule has 98 heavy (non-hydrogen) atoms. The quantitative estimate of drug-likeness (QED) is 0.0310. The molecule has 0 amide bonds. The first-order valence-corrected chi connectivity index (χ1v) is 36.9. The van der Waals surface area contributed by atoms with Gasteiger partial charge in [0.25, 0.3) is 0 Å². The van der Waals surface area contributed by atoms with Crippen LogP contribution in [0, 0.1) is 23.7 Å². The van der Waals surface area contributed by atoms with E-state index in [0.717, 1.165) is 91.5 Å². The van der Waals surface area contributed by atoms with Gasteiger partial charge in [-0.25, -0.2) is 0 Å². The summed E-state index contributed by atoms with van der Waals surface area (Å²) in [5.74, 6) is -3.34. The van der Waals surface area contributed by atoms with E-state index in [9.17, 15) is 24.3 Å². The van der Waals surface area contributed by atoms with E-state index in [1.165, 1.54) is 12.8 Å². The molecule has 0 spiro atoms.